The van der Waals surface area contributed by atoms with Crippen molar-refractivity contribution in [1.82, 2.24) is 15.0 Å². The number of benzene rings is 2. The third kappa shape index (κ3) is 5.80. The molecule has 0 amide bonds. The number of anilines is 3. The van der Waals surface area contributed by atoms with E-state index in [1.807, 2.05) is 24.3 Å². The van der Waals surface area contributed by atoms with Gasteiger partial charge in [-0.2, -0.15) is 15.0 Å². The lowest BCUT2D eigenvalue weighted by Crippen LogP contribution is -2.28. The molecule has 0 saturated heterocycles. The molecule has 0 aliphatic heterocycles. The van der Waals surface area contributed by atoms with Gasteiger partial charge in [-0.25, -0.2) is 9.18 Å². The fourth-order valence-corrected chi connectivity index (χ4v) is 3.14. The molecule has 10 heteroatoms. The standard InChI is InChI=1S/C20H20FN5O3S/c1-12(17(27)29-3)22-18-24-19(23-14-6-4-5-13(21)11-14)26-20(25-18)30-16-9-7-15(28-2)8-10-16/h4-12H,1-3H3,(H2,22,23,24,25,26)/t12-/m0/s1. The van der Waals surface area contributed by atoms with Crippen molar-refractivity contribution in [2.75, 3.05) is 24.9 Å². The molecule has 0 fully saturated rings. The van der Waals surface area contributed by atoms with E-state index in [1.54, 1.807) is 26.2 Å². The molecular formula is C20H20FN5O3S. The molecule has 156 valence electrons. The highest BCUT2D eigenvalue weighted by Gasteiger charge is 2.16. The molecule has 0 radical (unpaired) electrons. The van der Waals surface area contributed by atoms with Crippen molar-refractivity contribution in [2.45, 2.75) is 23.0 Å². The molecule has 8 nitrogen and oxygen atoms in total. The number of carbonyl (C=O) groups is 1. The van der Waals surface area contributed by atoms with E-state index in [4.69, 9.17) is 9.47 Å². The van der Waals surface area contributed by atoms with Crippen molar-refractivity contribution in [3.63, 3.8) is 0 Å². The third-order valence-electron chi connectivity index (χ3n) is 3.86. The number of carbonyl (C=O) groups excluding carboxylic acids is 1. The maximum Gasteiger partial charge on any atom is 0.328 e. The number of halogens is 1. The molecule has 0 aliphatic carbocycles. The number of hydrogen-bond acceptors (Lipinski definition) is 9. The number of esters is 1. The van der Waals surface area contributed by atoms with Gasteiger partial charge in [-0.05, 0) is 61.2 Å². The average Bonchev–Trinajstić information content (AvgIpc) is 2.73. The number of methoxy groups -OCH3 is 2. The monoisotopic (exact) mass is 429 g/mol. The number of nitrogens with one attached hydrogen (secondary N) is 2. The summed E-state index contributed by atoms with van der Waals surface area (Å²) in [5.41, 5.74) is 0.480. The zero-order valence-electron chi connectivity index (χ0n) is 16.5. The summed E-state index contributed by atoms with van der Waals surface area (Å²) in [5.74, 6) is 0.265. The largest absolute Gasteiger partial charge is 0.497 e. The van der Waals surface area contributed by atoms with Gasteiger partial charge < -0.3 is 20.1 Å². The zero-order valence-corrected chi connectivity index (χ0v) is 17.4. The van der Waals surface area contributed by atoms with E-state index < -0.39 is 12.0 Å². The topological polar surface area (TPSA) is 98.3 Å². The molecule has 0 aliphatic rings. The average molecular weight is 429 g/mol. The number of hydrogen-bond donors (Lipinski definition) is 2. The molecule has 2 aromatic carbocycles. The van der Waals surface area contributed by atoms with E-state index in [0.29, 0.717) is 10.8 Å². The summed E-state index contributed by atoms with van der Waals surface area (Å²) in [6, 6.07) is 12.7. The Labute approximate surface area is 177 Å². The Morgan fingerprint density at radius 2 is 1.80 bits per heavy atom. The lowest BCUT2D eigenvalue weighted by atomic mass is 10.3. The molecule has 30 heavy (non-hydrogen) atoms. The molecule has 0 unspecified atom stereocenters. The van der Waals surface area contributed by atoms with Crippen LogP contribution in [-0.4, -0.2) is 41.2 Å². The van der Waals surface area contributed by atoms with Gasteiger partial charge in [0.25, 0.3) is 0 Å². The Hall–Kier alpha value is -3.40. The highest BCUT2D eigenvalue weighted by Crippen LogP contribution is 2.28. The minimum Gasteiger partial charge on any atom is -0.497 e. The summed E-state index contributed by atoms with van der Waals surface area (Å²) < 4.78 is 23.4. The van der Waals surface area contributed by atoms with Gasteiger partial charge in [-0.1, -0.05) is 6.07 Å². The molecule has 0 bridgehead atoms. The number of aromatic nitrogens is 3. The molecule has 1 atom stereocenters. The van der Waals surface area contributed by atoms with Crippen molar-refractivity contribution in [2.24, 2.45) is 0 Å². The van der Waals surface area contributed by atoms with Crippen LogP contribution in [0.5, 0.6) is 5.75 Å². The second-order valence-corrected chi connectivity index (χ2v) is 7.11. The Morgan fingerprint density at radius 3 is 2.47 bits per heavy atom. The first-order valence-electron chi connectivity index (χ1n) is 8.92. The van der Waals surface area contributed by atoms with Crippen LogP contribution in [0.25, 0.3) is 0 Å². The van der Waals surface area contributed by atoms with Gasteiger partial charge in [0.15, 0.2) is 5.16 Å². The van der Waals surface area contributed by atoms with Crippen LogP contribution in [0, 0.1) is 5.82 Å². The van der Waals surface area contributed by atoms with Gasteiger partial charge in [0.05, 0.1) is 14.2 Å². The van der Waals surface area contributed by atoms with Crippen molar-refractivity contribution in [3.8, 4) is 5.75 Å². The third-order valence-corrected chi connectivity index (χ3v) is 4.74. The minimum absolute atomic E-state index is 0.179. The van der Waals surface area contributed by atoms with E-state index in [1.165, 1.54) is 31.0 Å². The maximum absolute atomic E-state index is 13.5. The zero-order chi connectivity index (χ0) is 21.5. The van der Waals surface area contributed by atoms with Crippen molar-refractivity contribution < 1.29 is 18.7 Å². The number of ether oxygens (including phenoxy) is 2. The summed E-state index contributed by atoms with van der Waals surface area (Å²) in [5, 5.41) is 6.23. The molecule has 2 N–H and O–H groups in total. The normalized spacial score (nSPS) is 11.5. The second-order valence-electron chi connectivity index (χ2n) is 6.07. The van der Waals surface area contributed by atoms with Crippen LogP contribution in [-0.2, 0) is 9.53 Å². The molecule has 3 aromatic rings. The van der Waals surface area contributed by atoms with Crippen LogP contribution in [0.3, 0.4) is 0 Å². The molecule has 1 heterocycles. The predicted molar refractivity (Wildman–Crippen MR) is 112 cm³/mol. The smallest absolute Gasteiger partial charge is 0.328 e. The van der Waals surface area contributed by atoms with Crippen molar-refractivity contribution >= 4 is 35.3 Å². The number of rotatable bonds is 8. The first kappa shape index (κ1) is 21.3. The molecular weight excluding hydrogens is 409 g/mol. The van der Waals surface area contributed by atoms with E-state index in [0.717, 1.165) is 10.6 Å². The first-order chi connectivity index (χ1) is 14.5. The summed E-state index contributed by atoms with van der Waals surface area (Å²) in [6.07, 6.45) is 0. The summed E-state index contributed by atoms with van der Waals surface area (Å²) in [6.45, 7) is 1.63. The molecule has 1 aromatic heterocycles. The quantitative estimate of drug-likeness (QED) is 0.517. The summed E-state index contributed by atoms with van der Waals surface area (Å²) in [4.78, 5) is 25.6. The van der Waals surface area contributed by atoms with Crippen LogP contribution >= 0.6 is 11.8 Å². The lowest BCUT2D eigenvalue weighted by molar-refractivity contribution is -0.141. The Balaban J connectivity index is 1.88. The van der Waals surface area contributed by atoms with Gasteiger partial charge in [-0.15, -0.1) is 0 Å². The van der Waals surface area contributed by atoms with Gasteiger partial charge >= 0.3 is 5.97 Å². The van der Waals surface area contributed by atoms with Crippen molar-refractivity contribution in [1.29, 1.82) is 0 Å². The van der Waals surface area contributed by atoms with Crippen molar-refractivity contribution in [3.05, 3.63) is 54.3 Å². The van der Waals surface area contributed by atoms with Gasteiger partial charge in [0.2, 0.25) is 11.9 Å². The summed E-state index contributed by atoms with van der Waals surface area (Å²) >= 11 is 1.30. The van der Waals surface area contributed by atoms with Gasteiger partial charge in [0.1, 0.15) is 17.6 Å². The van der Waals surface area contributed by atoms with Crippen LogP contribution in [0.2, 0.25) is 0 Å². The lowest BCUT2D eigenvalue weighted by Gasteiger charge is -2.13. The molecule has 0 spiro atoms. The Bertz CT molecular complexity index is 1020. The van der Waals surface area contributed by atoms with E-state index in [-0.39, 0.29) is 17.7 Å². The highest BCUT2D eigenvalue weighted by atomic mass is 32.2. The van der Waals surface area contributed by atoms with Crippen LogP contribution in [0.4, 0.5) is 22.0 Å². The minimum atomic E-state index is -0.668. The summed E-state index contributed by atoms with van der Waals surface area (Å²) in [7, 11) is 2.90. The molecule has 3 rings (SSSR count). The fraction of sp³-hybridized carbons (Fsp3) is 0.200. The van der Waals surface area contributed by atoms with Gasteiger partial charge in [0, 0.05) is 10.6 Å². The van der Waals surface area contributed by atoms with E-state index >= 15 is 0 Å². The highest BCUT2D eigenvalue weighted by molar-refractivity contribution is 7.99. The van der Waals surface area contributed by atoms with Crippen LogP contribution in [0.15, 0.2) is 58.6 Å². The predicted octanol–water partition coefficient (Wildman–Crippen LogP) is 3.89. The van der Waals surface area contributed by atoms with E-state index in [9.17, 15) is 9.18 Å². The fourth-order valence-electron chi connectivity index (χ4n) is 2.40. The SMILES string of the molecule is COC(=O)[C@H](C)Nc1nc(Nc2cccc(F)c2)nc(Sc2ccc(OC)cc2)n1. The molecule has 0 saturated carbocycles. The maximum atomic E-state index is 13.5. The second kappa shape index (κ2) is 9.88. The van der Waals surface area contributed by atoms with Gasteiger partial charge in [-0.3, -0.25) is 0 Å². The Kier molecular flexibility index (Phi) is 7.02. The van der Waals surface area contributed by atoms with Crippen LogP contribution in [0.1, 0.15) is 6.92 Å². The first-order valence-corrected chi connectivity index (χ1v) is 9.73. The Morgan fingerprint density at radius 1 is 1.07 bits per heavy atom. The van der Waals surface area contributed by atoms with E-state index in [2.05, 4.69) is 25.6 Å². The van der Waals surface area contributed by atoms with Crippen LogP contribution < -0.4 is 15.4 Å². The number of nitrogens with zero attached hydrogens (tertiary/aromatic N) is 3.